The smallest absolute Gasteiger partial charge is 0.256 e. The van der Waals surface area contributed by atoms with Crippen molar-refractivity contribution < 1.29 is 4.79 Å². The molecule has 1 aromatic carbocycles. The number of nitrogens with zero attached hydrogens (tertiary/aromatic N) is 5. The summed E-state index contributed by atoms with van der Waals surface area (Å²) in [6, 6.07) is 11.8. The van der Waals surface area contributed by atoms with Crippen molar-refractivity contribution in [3.63, 3.8) is 0 Å². The van der Waals surface area contributed by atoms with Crippen molar-refractivity contribution in [2.45, 2.75) is 45.6 Å². The molecule has 34 heavy (non-hydrogen) atoms. The molecule has 0 radical (unpaired) electrons. The number of nitrogens with one attached hydrogen (secondary N) is 1. The van der Waals surface area contributed by atoms with Gasteiger partial charge in [-0.25, -0.2) is 9.97 Å². The SMILES string of the molecule is CCc1ccnc(NC(=O)c2ccc(-c3nc(C4CCCCN4C)n4ccnc(C)c34)cc2)c1. The van der Waals surface area contributed by atoms with Crippen LogP contribution < -0.4 is 5.32 Å². The Balaban J connectivity index is 1.46. The van der Waals surface area contributed by atoms with E-state index in [0.29, 0.717) is 11.4 Å². The fourth-order valence-corrected chi connectivity index (χ4v) is 4.79. The number of pyridine rings is 1. The molecular weight excluding hydrogens is 424 g/mol. The third-order valence-corrected chi connectivity index (χ3v) is 6.73. The molecule has 1 fully saturated rings. The maximum atomic E-state index is 12.8. The van der Waals surface area contributed by atoms with Gasteiger partial charge in [-0.3, -0.25) is 19.1 Å². The summed E-state index contributed by atoms with van der Waals surface area (Å²) in [7, 11) is 2.18. The van der Waals surface area contributed by atoms with Crippen molar-refractivity contribution in [3.05, 3.63) is 77.6 Å². The van der Waals surface area contributed by atoms with E-state index in [0.717, 1.165) is 53.2 Å². The average Bonchev–Trinajstić information content (AvgIpc) is 3.25. The lowest BCUT2D eigenvalue weighted by atomic mass is 10.0. The fraction of sp³-hybridized carbons (Fsp3) is 0.333. The number of carbonyl (C=O) groups is 1. The van der Waals surface area contributed by atoms with E-state index in [1.165, 1.54) is 12.8 Å². The molecule has 3 aromatic heterocycles. The van der Waals surface area contributed by atoms with Gasteiger partial charge in [-0.2, -0.15) is 0 Å². The highest BCUT2D eigenvalue weighted by atomic mass is 16.1. The molecule has 0 spiro atoms. The summed E-state index contributed by atoms with van der Waals surface area (Å²) in [4.78, 5) is 29.1. The Labute approximate surface area is 199 Å². The van der Waals surface area contributed by atoms with Crippen molar-refractivity contribution in [1.29, 1.82) is 0 Å². The molecule has 5 rings (SSSR count). The largest absolute Gasteiger partial charge is 0.307 e. The number of fused-ring (bicyclic) bond motifs is 1. The Morgan fingerprint density at radius 3 is 2.71 bits per heavy atom. The van der Waals surface area contributed by atoms with Gasteiger partial charge < -0.3 is 5.32 Å². The number of benzene rings is 1. The van der Waals surface area contributed by atoms with E-state index >= 15 is 0 Å². The summed E-state index contributed by atoms with van der Waals surface area (Å²) < 4.78 is 2.19. The predicted molar refractivity (Wildman–Crippen MR) is 134 cm³/mol. The van der Waals surface area contributed by atoms with Crippen LogP contribution >= 0.6 is 0 Å². The maximum absolute atomic E-state index is 12.8. The lowest BCUT2D eigenvalue weighted by molar-refractivity contribution is 0.102. The minimum Gasteiger partial charge on any atom is -0.307 e. The lowest BCUT2D eigenvalue weighted by Gasteiger charge is -2.31. The molecule has 4 heterocycles. The first-order valence-electron chi connectivity index (χ1n) is 12.0. The number of amides is 1. The molecule has 174 valence electrons. The lowest BCUT2D eigenvalue weighted by Crippen LogP contribution is -2.30. The Bertz CT molecular complexity index is 1330. The van der Waals surface area contributed by atoms with Crippen LogP contribution in [-0.2, 0) is 6.42 Å². The van der Waals surface area contributed by atoms with Gasteiger partial charge in [0.05, 0.1) is 22.9 Å². The number of piperidine rings is 1. The minimum atomic E-state index is -0.177. The monoisotopic (exact) mass is 454 g/mol. The molecule has 0 aliphatic carbocycles. The number of aromatic nitrogens is 4. The van der Waals surface area contributed by atoms with Crippen LogP contribution in [0.1, 0.15) is 59.7 Å². The molecule has 0 bridgehead atoms. The first kappa shape index (κ1) is 22.2. The number of hydrogen-bond acceptors (Lipinski definition) is 5. The first-order chi connectivity index (χ1) is 16.5. The zero-order chi connectivity index (χ0) is 23.7. The average molecular weight is 455 g/mol. The summed E-state index contributed by atoms with van der Waals surface area (Å²) in [6.45, 7) is 5.18. The van der Waals surface area contributed by atoms with E-state index in [2.05, 4.69) is 38.6 Å². The van der Waals surface area contributed by atoms with Crippen molar-refractivity contribution in [1.82, 2.24) is 24.3 Å². The summed E-state index contributed by atoms with van der Waals surface area (Å²) in [5, 5.41) is 2.90. The Morgan fingerprint density at radius 2 is 1.94 bits per heavy atom. The Morgan fingerprint density at radius 1 is 1.12 bits per heavy atom. The van der Waals surface area contributed by atoms with Gasteiger partial charge in [-0.1, -0.05) is 25.5 Å². The standard InChI is InChI=1S/C27H30N6O/c1-4-19-12-13-29-23(17-19)30-27(34)21-10-8-20(9-11-21)24-25-18(2)28-14-16-33(25)26(31-24)22-7-5-6-15-32(22)3/h8-14,16-17,22H,4-7,15H2,1-3H3,(H,29,30,34). The van der Waals surface area contributed by atoms with Crippen LogP contribution in [0.4, 0.5) is 5.82 Å². The second-order valence-corrected chi connectivity index (χ2v) is 8.98. The molecule has 1 unspecified atom stereocenters. The number of hydrogen-bond donors (Lipinski definition) is 1. The van der Waals surface area contributed by atoms with Gasteiger partial charge in [-0.05, 0) is 69.6 Å². The van der Waals surface area contributed by atoms with Gasteiger partial charge in [0.2, 0.25) is 0 Å². The maximum Gasteiger partial charge on any atom is 0.256 e. The van der Waals surface area contributed by atoms with E-state index in [-0.39, 0.29) is 11.9 Å². The third kappa shape index (κ3) is 4.19. The van der Waals surface area contributed by atoms with E-state index in [9.17, 15) is 4.79 Å². The number of aryl methyl sites for hydroxylation is 2. The normalized spacial score (nSPS) is 16.6. The number of rotatable bonds is 5. The fourth-order valence-electron chi connectivity index (χ4n) is 4.79. The molecule has 1 atom stereocenters. The second-order valence-electron chi connectivity index (χ2n) is 8.98. The summed E-state index contributed by atoms with van der Waals surface area (Å²) in [5.41, 5.74) is 5.56. The third-order valence-electron chi connectivity index (χ3n) is 6.73. The summed E-state index contributed by atoms with van der Waals surface area (Å²) >= 11 is 0. The zero-order valence-electron chi connectivity index (χ0n) is 20.0. The molecule has 1 saturated heterocycles. The van der Waals surface area contributed by atoms with Crippen LogP contribution in [0.15, 0.2) is 55.0 Å². The molecule has 0 saturated carbocycles. The van der Waals surface area contributed by atoms with Gasteiger partial charge in [0.15, 0.2) is 0 Å². The molecule has 1 aliphatic rings. The van der Waals surface area contributed by atoms with Gasteiger partial charge >= 0.3 is 0 Å². The van der Waals surface area contributed by atoms with Crippen molar-refractivity contribution in [2.24, 2.45) is 0 Å². The molecule has 1 amide bonds. The van der Waals surface area contributed by atoms with Gasteiger partial charge in [0, 0.05) is 29.7 Å². The molecule has 1 aliphatic heterocycles. The van der Waals surface area contributed by atoms with Crippen molar-refractivity contribution in [2.75, 3.05) is 18.9 Å². The minimum absolute atomic E-state index is 0.177. The van der Waals surface area contributed by atoms with Gasteiger partial charge in [0.1, 0.15) is 11.6 Å². The van der Waals surface area contributed by atoms with E-state index < -0.39 is 0 Å². The van der Waals surface area contributed by atoms with E-state index in [1.807, 2.05) is 55.7 Å². The highest BCUT2D eigenvalue weighted by Gasteiger charge is 2.27. The Kier molecular flexibility index (Phi) is 6.11. The predicted octanol–water partition coefficient (Wildman–Crippen LogP) is 5.07. The number of carbonyl (C=O) groups excluding carboxylic acids is 1. The van der Waals surface area contributed by atoms with Crippen LogP contribution in [0, 0.1) is 6.92 Å². The van der Waals surface area contributed by atoms with Gasteiger partial charge in [0.25, 0.3) is 5.91 Å². The highest BCUT2D eigenvalue weighted by Crippen LogP contribution is 2.34. The zero-order valence-corrected chi connectivity index (χ0v) is 20.0. The van der Waals surface area contributed by atoms with Crippen molar-refractivity contribution in [3.8, 4) is 11.3 Å². The van der Waals surface area contributed by atoms with E-state index in [1.54, 1.807) is 6.20 Å². The highest BCUT2D eigenvalue weighted by molar-refractivity contribution is 6.04. The first-order valence-corrected chi connectivity index (χ1v) is 12.0. The number of imidazole rings is 1. The van der Waals surface area contributed by atoms with Crippen LogP contribution in [0.5, 0.6) is 0 Å². The molecular formula is C27H30N6O. The topological polar surface area (TPSA) is 75.4 Å². The molecule has 7 heteroatoms. The second kappa shape index (κ2) is 9.35. The number of likely N-dealkylation sites (tertiary alicyclic amines) is 1. The van der Waals surface area contributed by atoms with Crippen LogP contribution in [0.2, 0.25) is 0 Å². The summed E-state index contributed by atoms with van der Waals surface area (Å²) in [5.74, 6) is 1.45. The van der Waals surface area contributed by atoms with Crippen LogP contribution in [-0.4, -0.2) is 43.8 Å². The molecule has 1 N–H and O–H groups in total. The van der Waals surface area contributed by atoms with Crippen molar-refractivity contribution >= 4 is 17.2 Å². The quantitative estimate of drug-likeness (QED) is 0.456. The Hall–Kier alpha value is -3.58. The van der Waals surface area contributed by atoms with Gasteiger partial charge in [-0.15, -0.1) is 0 Å². The van der Waals surface area contributed by atoms with Crippen LogP contribution in [0.3, 0.4) is 0 Å². The van der Waals surface area contributed by atoms with Crippen LogP contribution in [0.25, 0.3) is 16.8 Å². The number of anilines is 1. The molecule has 4 aromatic rings. The summed E-state index contributed by atoms with van der Waals surface area (Å²) in [6.07, 6.45) is 10.0. The molecule has 7 nitrogen and oxygen atoms in total. The van der Waals surface area contributed by atoms with E-state index in [4.69, 9.17) is 4.98 Å².